The maximum atomic E-state index is 12.8. The number of nitrogens with zero attached hydrogens (tertiary/aromatic N) is 3. The third kappa shape index (κ3) is 5.08. The molecule has 1 aromatic carbocycles. The Morgan fingerprint density at radius 2 is 1.88 bits per heavy atom. The quantitative estimate of drug-likeness (QED) is 0.842. The van der Waals surface area contributed by atoms with Gasteiger partial charge in [0.15, 0.2) is 5.69 Å². The summed E-state index contributed by atoms with van der Waals surface area (Å²) in [6, 6.07) is 4.86. The van der Waals surface area contributed by atoms with Crippen LogP contribution >= 0.6 is 0 Å². The van der Waals surface area contributed by atoms with E-state index in [-0.39, 0.29) is 30.5 Å². The molecule has 0 spiro atoms. The van der Waals surface area contributed by atoms with E-state index in [9.17, 15) is 18.0 Å². The van der Waals surface area contributed by atoms with Crippen molar-refractivity contribution in [1.82, 2.24) is 9.97 Å². The van der Waals surface area contributed by atoms with Crippen LogP contribution in [0.15, 0.2) is 24.3 Å². The van der Waals surface area contributed by atoms with Gasteiger partial charge in [-0.05, 0) is 43.7 Å². The molecular weight excluding hydrogens is 351 g/mol. The molecule has 0 saturated carbocycles. The van der Waals surface area contributed by atoms with Crippen molar-refractivity contribution >= 4 is 11.9 Å². The van der Waals surface area contributed by atoms with Crippen molar-refractivity contribution in [2.24, 2.45) is 0 Å². The second-order valence-corrected chi connectivity index (χ2v) is 5.80. The second kappa shape index (κ2) is 7.59. The van der Waals surface area contributed by atoms with Gasteiger partial charge in [-0.3, -0.25) is 0 Å². The Hall–Kier alpha value is -2.84. The first kappa shape index (κ1) is 19.5. The lowest BCUT2D eigenvalue weighted by molar-refractivity contribution is -0.137. The van der Waals surface area contributed by atoms with Crippen molar-refractivity contribution in [2.45, 2.75) is 20.0 Å². The van der Waals surface area contributed by atoms with Crippen LogP contribution in [0, 0.1) is 13.8 Å². The molecule has 6 nitrogen and oxygen atoms in total. The van der Waals surface area contributed by atoms with Crippen LogP contribution in [-0.2, 0) is 6.18 Å². The Morgan fingerprint density at radius 3 is 2.50 bits per heavy atom. The lowest BCUT2D eigenvalue weighted by Crippen LogP contribution is -2.26. The van der Waals surface area contributed by atoms with Gasteiger partial charge in [-0.1, -0.05) is 0 Å². The molecule has 0 aliphatic rings. The van der Waals surface area contributed by atoms with Crippen molar-refractivity contribution in [2.75, 3.05) is 25.1 Å². The molecule has 1 N–H and O–H groups in total. The molecule has 0 radical (unpaired) electrons. The number of carbonyl (C=O) groups is 1. The molecular formula is C17H18F3N3O3. The fourth-order valence-electron chi connectivity index (χ4n) is 2.23. The van der Waals surface area contributed by atoms with E-state index >= 15 is 0 Å². The van der Waals surface area contributed by atoms with Gasteiger partial charge in [0.05, 0.1) is 12.1 Å². The van der Waals surface area contributed by atoms with E-state index < -0.39 is 17.7 Å². The van der Waals surface area contributed by atoms with Gasteiger partial charge >= 0.3 is 12.1 Å². The molecule has 9 heteroatoms. The summed E-state index contributed by atoms with van der Waals surface area (Å²) in [5.41, 5.74) is 0.0349. The highest BCUT2D eigenvalue weighted by Crippen LogP contribution is 2.32. The first-order chi connectivity index (χ1) is 12.1. The van der Waals surface area contributed by atoms with Gasteiger partial charge in [0.1, 0.15) is 12.4 Å². The molecule has 2 aromatic rings. The lowest BCUT2D eigenvalue weighted by atomic mass is 10.1. The number of anilines is 1. The molecule has 0 atom stereocenters. The minimum atomic E-state index is -4.44. The number of hydrogen-bond donors (Lipinski definition) is 1. The summed E-state index contributed by atoms with van der Waals surface area (Å²) < 4.78 is 43.9. The third-order valence-electron chi connectivity index (χ3n) is 3.48. The zero-order valence-electron chi connectivity index (χ0n) is 14.5. The molecule has 0 aliphatic heterocycles. The Morgan fingerprint density at radius 1 is 1.19 bits per heavy atom. The summed E-state index contributed by atoms with van der Waals surface area (Å²) >= 11 is 0. The van der Waals surface area contributed by atoms with Crippen molar-refractivity contribution in [3.63, 3.8) is 0 Å². The number of halogens is 3. The Balaban J connectivity index is 2.04. The third-order valence-corrected chi connectivity index (χ3v) is 3.48. The Kier molecular flexibility index (Phi) is 5.69. The highest BCUT2D eigenvalue weighted by molar-refractivity contribution is 5.85. The maximum Gasteiger partial charge on any atom is 0.416 e. The number of benzene rings is 1. The monoisotopic (exact) mass is 369 g/mol. The Bertz CT molecular complexity index is 810. The molecule has 0 amide bonds. The smallest absolute Gasteiger partial charge is 0.416 e. The molecule has 0 unspecified atom stereocenters. The molecule has 1 heterocycles. The molecule has 0 bridgehead atoms. The first-order valence-electron chi connectivity index (χ1n) is 7.68. The van der Waals surface area contributed by atoms with Gasteiger partial charge in [-0.25, -0.2) is 14.8 Å². The summed E-state index contributed by atoms with van der Waals surface area (Å²) in [5.74, 6) is -0.853. The normalized spacial score (nSPS) is 11.3. The van der Waals surface area contributed by atoms with E-state index in [1.54, 1.807) is 25.8 Å². The number of likely N-dealkylation sites (N-methyl/N-ethyl adjacent to an activating group) is 1. The summed E-state index contributed by atoms with van der Waals surface area (Å²) in [5, 5.41) is 9.03. The average molecular weight is 369 g/mol. The van der Waals surface area contributed by atoms with Crippen molar-refractivity contribution < 1.29 is 27.8 Å². The topological polar surface area (TPSA) is 75.5 Å². The number of aryl methyl sites for hydroxylation is 2. The fourth-order valence-corrected chi connectivity index (χ4v) is 2.23. The molecule has 0 fully saturated rings. The highest BCUT2D eigenvalue weighted by atomic mass is 19.4. The summed E-state index contributed by atoms with van der Waals surface area (Å²) in [7, 11) is 1.64. The van der Waals surface area contributed by atoms with Crippen LogP contribution in [0.5, 0.6) is 5.75 Å². The van der Waals surface area contributed by atoms with Crippen LogP contribution in [0.3, 0.4) is 0 Å². The Labute approximate surface area is 148 Å². The van der Waals surface area contributed by atoms with E-state index in [0.717, 1.165) is 12.1 Å². The SMILES string of the molecule is Cc1cc(OCCN(C)c2nc(C)cc(C(=O)O)n2)cc(C(F)(F)F)c1. The number of aromatic nitrogens is 2. The van der Waals surface area contributed by atoms with Crippen molar-refractivity contribution in [3.8, 4) is 5.75 Å². The zero-order valence-corrected chi connectivity index (χ0v) is 14.5. The minimum absolute atomic E-state index is 0.0803. The van der Waals surface area contributed by atoms with Crippen LogP contribution in [0.4, 0.5) is 19.1 Å². The molecule has 0 saturated heterocycles. The average Bonchev–Trinajstić information content (AvgIpc) is 2.52. The van der Waals surface area contributed by atoms with Gasteiger partial charge in [0.2, 0.25) is 5.95 Å². The van der Waals surface area contributed by atoms with Gasteiger partial charge in [-0.15, -0.1) is 0 Å². The van der Waals surface area contributed by atoms with Crippen LogP contribution in [0.25, 0.3) is 0 Å². The number of carboxylic acid groups (broad SMARTS) is 1. The molecule has 0 aliphatic carbocycles. The van der Waals surface area contributed by atoms with Gasteiger partial charge in [0.25, 0.3) is 0 Å². The summed E-state index contributed by atoms with van der Waals surface area (Å²) in [6.07, 6.45) is -4.44. The largest absolute Gasteiger partial charge is 0.492 e. The first-order valence-corrected chi connectivity index (χ1v) is 7.68. The zero-order chi connectivity index (χ0) is 19.5. The standard InChI is InChI=1S/C17H18F3N3O3/c1-10-6-12(17(18,19)20)9-13(7-10)26-5-4-23(3)16-21-11(2)8-14(22-16)15(24)25/h6-9H,4-5H2,1-3H3,(H,24,25). The molecule has 2 rings (SSSR count). The second-order valence-electron chi connectivity index (χ2n) is 5.80. The van der Waals surface area contributed by atoms with E-state index in [0.29, 0.717) is 11.3 Å². The molecule has 1 aromatic heterocycles. The fraction of sp³-hybridized carbons (Fsp3) is 0.353. The van der Waals surface area contributed by atoms with E-state index in [1.807, 2.05) is 0 Å². The van der Waals surface area contributed by atoms with E-state index in [1.165, 1.54) is 12.1 Å². The predicted molar refractivity (Wildman–Crippen MR) is 88.7 cm³/mol. The van der Waals surface area contributed by atoms with Crippen molar-refractivity contribution in [1.29, 1.82) is 0 Å². The number of hydrogen-bond acceptors (Lipinski definition) is 5. The number of rotatable bonds is 6. The summed E-state index contributed by atoms with van der Waals surface area (Å²) in [4.78, 5) is 20.7. The minimum Gasteiger partial charge on any atom is -0.492 e. The van der Waals surface area contributed by atoms with Gasteiger partial charge in [-0.2, -0.15) is 13.2 Å². The summed E-state index contributed by atoms with van der Waals surface area (Å²) in [6.45, 7) is 3.55. The number of ether oxygens (including phenoxy) is 1. The van der Waals surface area contributed by atoms with Gasteiger partial charge < -0.3 is 14.7 Å². The maximum absolute atomic E-state index is 12.8. The van der Waals surface area contributed by atoms with Crippen LogP contribution in [0.1, 0.15) is 27.3 Å². The molecule has 26 heavy (non-hydrogen) atoms. The highest BCUT2D eigenvalue weighted by Gasteiger charge is 2.31. The molecule has 140 valence electrons. The van der Waals surface area contributed by atoms with Gasteiger partial charge in [0, 0.05) is 12.7 Å². The number of carboxylic acids is 1. The van der Waals surface area contributed by atoms with Crippen LogP contribution in [0.2, 0.25) is 0 Å². The van der Waals surface area contributed by atoms with Crippen LogP contribution in [-0.4, -0.2) is 41.2 Å². The lowest BCUT2D eigenvalue weighted by Gasteiger charge is -2.18. The number of alkyl halides is 3. The van der Waals surface area contributed by atoms with E-state index in [2.05, 4.69) is 9.97 Å². The van der Waals surface area contributed by atoms with E-state index in [4.69, 9.17) is 9.84 Å². The van der Waals surface area contributed by atoms with Crippen LogP contribution < -0.4 is 9.64 Å². The number of aromatic carboxylic acids is 1. The predicted octanol–water partition coefficient (Wildman–Crippen LogP) is 3.33. The van der Waals surface area contributed by atoms with Crippen molar-refractivity contribution in [3.05, 3.63) is 46.8 Å².